The molecule has 0 radical (unpaired) electrons. The first kappa shape index (κ1) is 25.6. The molecule has 3 aliphatic rings. The minimum absolute atomic E-state index is 0.476. The van der Waals surface area contributed by atoms with Crippen LogP contribution < -0.4 is 0 Å². The molecule has 2 heteroatoms. The van der Waals surface area contributed by atoms with Crippen LogP contribution in [0.4, 0.5) is 8.78 Å². The van der Waals surface area contributed by atoms with Crippen molar-refractivity contribution in [1.29, 1.82) is 0 Å². The third kappa shape index (κ3) is 6.21. The van der Waals surface area contributed by atoms with Gasteiger partial charge in [0.2, 0.25) is 0 Å². The average Bonchev–Trinajstić information content (AvgIpc) is 2.89. The van der Waals surface area contributed by atoms with E-state index in [9.17, 15) is 8.78 Å². The Morgan fingerprint density at radius 1 is 0.824 bits per heavy atom. The van der Waals surface area contributed by atoms with Crippen molar-refractivity contribution >= 4 is 5.57 Å². The van der Waals surface area contributed by atoms with Gasteiger partial charge in [0.25, 0.3) is 0 Å². The van der Waals surface area contributed by atoms with Crippen molar-refractivity contribution in [2.75, 3.05) is 0 Å². The van der Waals surface area contributed by atoms with E-state index >= 15 is 0 Å². The molecule has 2 saturated carbocycles. The molecule has 0 saturated heterocycles. The fraction of sp³-hybridized carbons (Fsp3) is 0.688. The summed E-state index contributed by atoms with van der Waals surface area (Å²) in [6.45, 7) is 5.71. The Hall–Kier alpha value is -1.44. The summed E-state index contributed by atoms with van der Waals surface area (Å²) in [7, 11) is 0. The van der Waals surface area contributed by atoms with E-state index in [0.29, 0.717) is 17.5 Å². The molecule has 34 heavy (non-hydrogen) atoms. The van der Waals surface area contributed by atoms with Gasteiger partial charge in [-0.05, 0) is 118 Å². The van der Waals surface area contributed by atoms with E-state index in [1.54, 1.807) is 12.1 Å². The maximum absolute atomic E-state index is 14.6. The molecule has 0 bridgehead atoms. The summed E-state index contributed by atoms with van der Waals surface area (Å²) in [5.41, 5.74) is 1.99. The van der Waals surface area contributed by atoms with Gasteiger partial charge in [0.1, 0.15) is 0 Å². The van der Waals surface area contributed by atoms with Gasteiger partial charge >= 0.3 is 0 Å². The third-order valence-corrected chi connectivity index (χ3v) is 9.65. The lowest BCUT2D eigenvalue weighted by molar-refractivity contribution is 0.120. The molecule has 188 valence electrons. The van der Waals surface area contributed by atoms with E-state index in [2.05, 4.69) is 18.7 Å². The van der Waals surface area contributed by atoms with Crippen molar-refractivity contribution in [2.24, 2.45) is 29.6 Å². The summed E-state index contributed by atoms with van der Waals surface area (Å²) < 4.78 is 28.9. The summed E-state index contributed by atoms with van der Waals surface area (Å²) in [5, 5.41) is 0. The molecule has 1 atom stereocenters. The first-order valence-corrected chi connectivity index (χ1v) is 14.4. The molecule has 0 aromatic heterocycles. The Bertz CT molecular complexity index is 822. The molecule has 1 aromatic carbocycles. The highest BCUT2D eigenvalue weighted by Gasteiger charge is 2.34. The molecular formula is C32H46F2. The second kappa shape index (κ2) is 12.5. The van der Waals surface area contributed by atoms with Crippen LogP contribution in [0, 0.1) is 41.2 Å². The van der Waals surface area contributed by atoms with Crippen molar-refractivity contribution in [2.45, 2.75) is 110 Å². The summed E-state index contributed by atoms with van der Waals surface area (Å²) in [6, 6.07) is 3.56. The van der Waals surface area contributed by atoms with Crippen molar-refractivity contribution < 1.29 is 8.78 Å². The Morgan fingerprint density at radius 2 is 1.47 bits per heavy atom. The highest BCUT2D eigenvalue weighted by atomic mass is 19.2. The minimum Gasteiger partial charge on any atom is -0.203 e. The lowest BCUT2D eigenvalue weighted by atomic mass is 9.65. The van der Waals surface area contributed by atoms with Crippen molar-refractivity contribution in [3.8, 4) is 0 Å². The molecule has 0 nitrogen and oxygen atoms in total. The second-order valence-corrected chi connectivity index (χ2v) is 11.5. The number of hydrogen-bond acceptors (Lipinski definition) is 0. The largest absolute Gasteiger partial charge is 0.203 e. The van der Waals surface area contributed by atoms with Crippen LogP contribution in [0.15, 0.2) is 30.9 Å². The number of aryl methyl sites for hydroxylation is 1. The summed E-state index contributed by atoms with van der Waals surface area (Å²) in [4.78, 5) is 0. The van der Waals surface area contributed by atoms with Crippen LogP contribution >= 0.6 is 0 Å². The number of halogens is 2. The minimum atomic E-state index is -0.650. The van der Waals surface area contributed by atoms with Crippen LogP contribution in [0.5, 0.6) is 0 Å². The Morgan fingerprint density at radius 3 is 2.06 bits per heavy atom. The van der Waals surface area contributed by atoms with Crippen LogP contribution in [0.2, 0.25) is 0 Å². The smallest absolute Gasteiger partial charge is 0.166 e. The second-order valence-electron chi connectivity index (χ2n) is 11.5. The number of allylic oxidation sites excluding steroid dienone is 3. The Balaban J connectivity index is 1.21. The molecule has 1 unspecified atom stereocenters. The van der Waals surface area contributed by atoms with Gasteiger partial charge in [-0.15, -0.1) is 6.58 Å². The fourth-order valence-corrected chi connectivity index (χ4v) is 7.40. The predicted octanol–water partition coefficient (Wildman–Crippen LogP) is 10.1. The number of unbranched alkanes of at least 4 members (excludes halogenated alkanes) is 2. The van der Waals surface area contributed by atoms with Gasteiger partial charge in [0, 0.05) is 5.56 Å². The number of benzene rings is 1. The average molecular weight is 469 g/mol. The van der Waals surface area contributed by atoms with Gasteiger partial charge in [-0.2, -0.15) is 0 Å². The highest BCUT2D eigenvalue weighted by Crippen LogP contribution is 2.46. The fourth-order valence-electron chi connectivity index (χ4n) is 7.40. The van der Waals surface area contributed by atoms with Crippen LogP contribution in [0.25, 0.3) is 5.57 Å². The van der Waals surface area contributed by atoms with Crippen molar-refractivity contribution in [1.82, 2.24) is 0 Å². The molecule has 4 rings (SSSR count). The van der Waals surface area contributed by atoms with E-state index < -0.39 is 11.6 Å². The lowest BCUT2D eigenvalue weighted by Gasteiger charge is -2.40. The van der Waals surface area contributed by atoms with E-state index in [-0.39, 0.29) is 0 Å². The monoisotopic (exact) mass is 468 g/mol. The summed E-state index contributed by atoms with van der Waals surface area (Å²) in [5.74, 6) is 3.20. The van der Waals surface area contributed by atoms with Gasteiger partial charge in [-0.25, -0.2) is 8.78 Å². The van der Waals surface area contributed by atoms with Crippen molar-refractivity contribution in [3.63, 3.8) is 0 Å². The van der Waals surface area contributed by atoms with Gasteiger partial charge in [0.15, 0.2) is 11.6 Å². The standard InChI is InChI=1S/C32H46F2/c1-3-5-6-7-8-23-9-11-25(12-10-23)26-13-15-27(16-14-26)28-17-19-29(20-18-28)30-22-21-24(4-2)31(33)32(30)34/h3,19,21-23,25-28H,1,4-18,20H2,2H3. The first-order chi connectivity index (χ1) is 16.6. The molecular weight excluding hydrogens is 422 g/mol. The number of rotatable bonds is 9. The quantitative estimate of drug-likeness (QED) is 0.250. The highest BCUT2D eigenvalue weighted by molar-refractivity contribution is 5.67. The zero-order valence-corrected chi connectivity index (χ0v) is 21.5. The molecule has 0 heterocycles. The SMILES string of the molecule is C=CCCCCC1CCC(C2CCC(C3CC=C(c4ccc(CC)c(F)c4F)CC3)CC2)CC1. The molecule has 0 amide bonds. The van der Waals surface area contributed by atoms with E-state index in [0.717, 1.165) is 54.4 Å². The van der Waals surface area contributed by atoms with Gasteiger partial charge < -0.3 is 0 Å². The Kier molecular flexibility index (Phi) is 9.43. The van der Waals surface area contributed by atoms with E-state index in [4.69, 9.17) is 0 Å². The van der Waals surface area contributed by atoms with Gasteiger partial charge in [0.05, 0.1) is 0 Å². The zero-order chi connectivity index (χ0) is 23.9. The molecule has 0 spiro atoms. The normalized spacial score (nSPS) is 30.1. The van der Waals surface area contributed by atoms with Crippen LogP contribution in [0.1, 0.15) is 114 Å². The van der Waals surface area contributed by atoms with E-state index in [1.807, 2.05) is 6.92 Å². The van der Waals surface area contributed by atoms with Crippen LogP contribution in [0.3, 0.4) is 0 Å². The number of hydrogen-bond donors (Lipinski definition) is 0. The zero-order valence-electron chi connectivity index (χ0n) is 21.5. The third-order valence-electron chi connectivity index (χ3n) is 9.65. The molecule has 0 aliphatic heterocycles. The maximum atomic E-state index is 14.6. The lowest BCUT2D eigenvalue weighted by Crippen LogP contribution is -2.28. The van der Waals surface area contributed by atoms with Crippen LogP contribution in [-0.2, 0) is 6.42 Å². The molecule has 0 N–H and O–H groups in total. The summed E-state index contributed by atoms with van der Waals surface area (Å²) >= 11 is 0. The summed E-state index contributed by atoms with van der Waals surface area (Å²) in [6.07, 6.45) is 24.7. The van der Waals surface area contributed by atoms with Gasteiger partial charge in [-0.1, -0.05) is 56.9 Å². The molecule has 1 aromatic rings. The molecule has 2 fully saturated rings. The predicted molar refractivity (Wildman–Crippen MR) is 141 cm³/mol. The van der Waals surface area contributed by atoms with E-state index in [1.165, 1.54) is 77.0 Å². The molecule has 3 aliphatic carbocycles. The van der Waals surface area contributed by atoms with Crippen molar-refractivity contribution in [3.05, 3.63) is 53.6 Å². The Labute approximate surface area is 207 Å². The topological polar surface area (TPSA) is 0 Å². The van der Waals surface area contributed by atoms with Gasteiger partial charge in [-0.3, -0.25) is 0 Å². The first-order valence-electron chi connectivity index (χ1n) is 14.4. The van der Waals surface area contributed by atoms with Crippen LogP contribution in [-0.4, -0.2) is 0 Å². The maximum Gasteiger partial charge on any atom is 0.166 e.